The Morgan fingerprint density at radius 3 is 2.40 bits per heavy atom. The second kappa shape index (κ2) is 5.94. The molecule has 1 saturated carbocycles. The molecular weight excluding hydrogens is 258 g/mol. The van der Waals surface area contributed by atoms with Gasteiger partial charge in [-0.1, -0.05) is 18.6 Å². The first-order valence-electron chi connectivity index (χ1n) is 6.69. The van der Waals surface area contributed by atoms with Crippen molar-refractivity contribution < 1.29 is 19.4 Å². The van der Waals surface area contributed by atoms with Crippen LogP contribution in [0.3, 0.4) is 0 Å². The van der Waals surface area contributed by atoms with Gasteiger partial charge in [0.2, 0.25) is 5.91 Å². The molecule has 5 nitrogen and oxygen atoms in total. The number of aliphatic carboxylic acids is 1. The maximum Gasteiger partial charge on any atom is 0.312 e. The molecule has 0 bridgehead atoms. The summed E-state index contributed by atoms with van der Waals surface area (Å²) in [5.74, 6) is -0.731. The number of benzene rings is 1. The van der Waals surface area contributed by atoms with Crippen molar-refractivity contribution in [3.8, 4) is 5.75 Å². The Bertz CT molecular complexity index is 491. The minimum Gasteiger partial charge on any atom is -0.497 e. The lowest BCUT2D eigenvalue weighted by atomic mass is 9.64. The van der Waals surface area contributed by atoms with Crippen LogP contribution >= 0.6 is 0 Å². The first-order valence-corrected chi connectivity index (χ1v) is 6.69. The van der Waals surface area contributed by atoms with Crippen LogP contribution in [0.25, 0.3) is 0 Å². The Balaban J connectivity index is 2.01. The number of carbonyl (C=O) groups is 2. The van der Waals surface area contributed by atoms with E-state index in [2.05, 4.69) is 5.32 Å². The summed E-state index contributed by atoms with van der Waals surface area (Å²) in [6.45, 7) is 0.492. The fourth-order valence-corrected chi connectivity index (χ4v) is 2.58. The van der Waals surface area contributed by atoms with Crippen molar-refractivity contribution in [2.75, 3.05) is 13.7 Å². The van der Waals surface area contributed by atoms with Gasteiger partial charge in [0.05, 0.1) is 7.11 Å². The van der Waals surface area contributed by atoms with Gasteiger partial charge in [0.15, 0.2) is 0 Å². The van der Waals surface area contributed by atoms with Crippen molar-refractivity contribution in [1.82, 2.24) is 5.32 Å². The Hall–Kier alpha value is -2.04. The molecule has 5 heteroatoms. The van der Waals surface area contributed by atoms with Crippen molar-refractivity contribution >= 4 is 11.9 Å². The number of methoxy groups -OCH3 is 1. The van der Waals surface area contributed by atoms with Crippen LogP contribution in [0.1, 0.15) is 31.2 Å². The summed E-state index contributed by atoms with van der Waals surface area (Å²) in [6, 6.07) is 7.85. The van der Waals surface area contributed by atoms with Gasteiger partial charge >= 0.3 is 5.97 Å². The summed E-state index contributed by atoms with van der Waals surface area (Å²) in [6.07, 6.45) is 2.67. The quantitative estimate of drug-likeness (QED) is 0.776. The molecule has 1 aliphatic rings. The Labute approximate surface area is 117 Å². The van der Waals surface area contributed by atoms with Gasteiger partial charge in [-0.3, -0.25) is 9.59 Å². The van der Waals surface area contributed by atoms with E-state index in [-0.39, 0.29) is 5.41 Å². The lowest BCUT2D eigenvalue weighted by Crippen LogP contribution is -2.45. The number of amides is 1. The van der Waals surface area contributed by atoms with Gasteiger partial charge in [0.25, 0.3) is 0 Å². The fraction of sp³-hybridized carbons (Fsp3) is 0.467. The van der Waals surface area contributed by atoms with E-state index in [4.69, 9.17) is 9.84 Å². The van der Waals surface area contributed by atoms with E-state index < -0.39 is 18.3 Å². The molecular formula is C15H19NO4. The number of nitrogens with one attached hydrogen (secondary N) is 1. The van der Waals surface area contributed by atoms with E-state index in [0.29, 0.717) is 6.54 Å². The summed E-state index contributed by atoms with van der Waals surface area (Å²) in [7, 11) is 1.63. The highest BCUT2D eigenvalue weighted by atomic mass is 16.5. The third kappa shape index (κ3) is 3.10. The highest BCUT2D eigenvalue weighted by Crippen LogP contribution is 2.43. The summed E-state index contributed by atoms with van der Waals surface area (Å²) < 4.78 is 5.14. The number of hydrogen-bond acceptors (Lipinski definition) is 3. The molecule has 1 aliphatic carbocycles. The summed E-state index contributed by atoms with van der Waals surface area (Å²) in [4.78, 5) is 21.9. The number of ether oxygens (including phenoxy) is 1. The molecule has 0 aromatic heterocycles. The SMILES string of the molecule is COc1ccc(C2(CNC(=O)CC(=O)O)CCC2)cc1. The molecule has 108 valence electrons. The zero-order valence-electron chi connectivity index (χ0n) is 11.5. The molecule has 1 fully saturated rings. The lowest BCUT2D eigenvalue weighted by molar-refractivity contribution is -0.140. The van der Waals surface area contributed by atoms with Crippen LogP contribution in [-0.2, 0) is 15.0 Å². The molecule has 2 N–H and O–H groups in total. The largest absolute Gasteiger partial charge is 0.497 e. The molecule has 1 aromatic rings. The van der Waals surface area contributed by atoms with E-state index in [1.807, 2.05) is 24.3 Å². The molecule has 0 saturated heterocycles. The number of carbonyl (C=O) groups excluding carboxylic acids is 1. The zero-order valence-corrected chi connectivity index (χ0v) is 11.5. The summed E-state index contributed by atoms with van der Waals surface area (Å²) in [5.41, 5.74) is 1.11. The standard InChI is InChI=1S/C15H19NO4/c1-20-12-5-3-11(4-6-12)15(7-2-8-15)10-16-13(17)9-14(18)19/h3-6H,2,7-10H2,1H3,(H,16,17)(H,18,19). The Morgan fingerprint density at radius 2 is 1.95 bits per heavy atom. The molecule has 20 heavy (non-hydrogen) atoms. The van der Waals surface area contributed by atoms with E-state index in [9.17, 15) is 9.59 Å². The molecule has 0 heterocycles. The van der Waals surface area contributed by atoms with E-state index in [1.165, 1.54) is 5.56 Å². The Morgan fingerprint density at radius 1 is 1.30 bits per heavy atom. The highest BCUT2D eigenvalue weighted by molar-refractivity contribution is 5.93. The predicted molar refractivity (Wildman–Crippen MR) is 73.8 cm³/mol. The van der Waals surface area contributed by atoms with Crippen molar-refractivity contribution in [1.29, 1.82) is 0 Å². The monoisotopic (exact) mass is 277 g/mol. The van der Waals surface area contributed by atoms with Crippen LogP contribution in [0.15, 0.2) is 24.3 Å². The van der Waals surface area contributed by atoms with E-state index in [1.54, 1.807) is 7.11 Å². The smallest absolute Gasteiger partial charge is 0.312 e. The maximum atomic E-state index is 11.5. The first kappa shape index (κ1) is 14.4. The molecule has 0 atom stereocenters. The van der Waals surface area contributed by atoms with Gasteiger partial charge in [-0.15, -0.1) is 0 Å². The van der Waals surface area contributed by atoms with Gasteiger partial charge in [0, 0.05) is 12.0 Å². The Kier molecular flexibility index (Phi) is 4.27. The lowest BCUT2D eigenvalue weighted by Gasteiger charge is -2.42. The van der Waals surface area contributed by atoms with Crippen LogP contribution in [0.4, 0.5) is 0 Å². The molecule has 0 radical (unpaired) electrons. The van der Waals surface area contributed by atoms with Crippen molar-refractivity contribution in [3.63, 3.8) is 0 Å². The minimum absolute atomic E-state index is 0.0551. The van der Waals surface area contributed by atoms with Crippen LogP contribution in [0, 0.1) is 0 Å². The van der Waals surface area contributed by atoms with E-state index >= 15 is 0 Å². The summed E-state index contributed by atoms with van der Waals surface area (Å²) >= 11 is 0. The number of carboxylic acid groups (broad SMARTS) is 1. The average Bonchev–Trinajstić information content (AvgIpc) is 2.37. The molecule has 0 spiro atoms. The number of rotatable bonds is 6. The molecule has 2 rings (SSSR count). The molecule has 0 unspecified atom stereocenters. The van der Waals surface area contributed by atoms with Gasteiger partial charge in [-0.05, 0) is 30.5 Å². The van der Waals surface area contributed by atoms with Crippen LogP contribution in [0.5, 0.6) is 5.75 Å². The normalized spacial score (nSPS) is 16.1. The van der Waals surface area contributed by atoms with Crippen LogP contribution in [-0.4, -0.2) is 30.6 Å². The third-order valence-electron chi connectivity index (χ3n) is 3.95. The van der Waals surface area contributed by atoms with Crippen molar-refractivity contribution in [2.45, 2.75) is 31.1 Å². The van der Waals surface area contributed by atoms with Gasteiger partial charge < -0.3 is 15.2 Å². The summed E-state index contributed by atoms with van der Waals surface area (Å²) in [5, 5.41) is 11.3. The van der Waals surface area contributed by atoms with E-state index in [0.717, 1.165) is 25.0 Å². The second-order valence-electron chi connectivity index (χ2n) is 5.21. The first-order chi connectivity index (χ1) is 9.55. The number of hydrogen-bond donors (Lipinski definition) is 2. The average molecular weight is 277 g/mol. The zero-order chi connectivity index (χ0) is 14.6. The maximum absolute atomic E-state index is 11.5. The van der Waals surface area contributed by atoms with Gasteiger partial charge in [-0.25, -0.2) is 0 Å². The predicted octanol–water partition coefficient (Wildman–Crippen LogP) is 1.71. The molecule has 1 amide bonds. The highest BCUT2D eigenvalue weighted by Gasteiger charge is 2.38. The van der Waals surface area contributed by atoms with Crippen molar-refractivity contribution in [3.05, 3.63) is 29.8 Å². The van der Waals surface area contributed by atoms with Crippen molar-refractivity contribution in [2.24, 2.45) is 0 Å². The van der Waals surface area contributed by atoms with Gasteiger partial charge in [-0.2, -0.15) is 0 Å². The van der Waals surface area contributed by atoms with Crippen LogP contribution in [0.2, 0.25) is 0 Å². The molecule has 1 aromatic carbocycles. The molecule has 0 aliphatic heterocycles. The number of carboxylic acids is 1. The van der Waals surface area contributed by atoms with Gasteiger partial charge in [0.1, 0.15) is 12.2 Å². The van der Waals surface area contributed by atoms with Crippen LogP contribution < -0.4 is 10.1 Å². The third-order valence-corrected chi connectivity index (χ3v) is 3.95. The minimum atomic E-state index is -1.10. The fourth-order valence-electron chi connectivity index (χ4n) is 2.58. The second-order valence-corrected chi connectivity index (χ2v) is 5.21. The topological polar surface area (TPSA) is 75.6 Å².